The van der Waals surface area contributed by atoms with E-state index in [-0.39, 0.29) is 25.2 Å². The maximum absolute atomic E-state index is 13.6. The average Bonchev–Trinajstić information content (AvgIpc) is 3.23. The lowest BCUT2D eigenvalue weighted by Crippen LogP contribution is -2.59. The molecule has 2 unspecified atom stereocenters. The molecular formula is C44H69N9O15. The fourth-order valence-corrected chi connectivity index (χ4v) is 6.60. The number of aliphatic carboxylic acids is 3. The van der Waals surface area contributed by atoms with Crippen LogP contribution in [0.3, 0.4) is 0 Å². The van der Waals surface area contributed by atoms with Gasteiger partial charge in [0.25, 0.3) is 0 Å². The highest BCUT2D eigenvalue weighted by atomic mass is 16.4. The van der Waals surface area contributed by atoms with Gasteiger partial charge in [-0.05, 0) is 49.5 Å². The smallest absolute Gasteiger partial charge is 0.326 e. The molecular weight excluding hydrogens is 895 g/mol. The van der Waals surface area contributed by atoms with Crippen LogP contribution in [0.5, 0.6) is 0 Å². The Morgan fingerprint density at radius 1 is 0.559 bits per heavy atom. The summed E-state index contributed by atoms with van der Waals surface area (Å²) in [5.74, 6) is -12.6. The number of aliphatic hydroxyl groups excluding tert-OH is 1. The van der Waals surface area contributed by atoms with E-state index >= 15 is 0 Å². The van der Waals surface area contributed by atoms with Gasteiger partial charge in [0.15, 0.2) is 0 Å². The monoisotopic (exact) mass is 963 g/mol. The lowest BCUT2D eigenvalue weighted by molar-refractivity contribution is -0.143. The van der Waals surface area contributed by atoms with Crippen LogP contribution in [-0.4, -0.2) is 140 Å². The van der Waals surface area contributed by atoms with Crippen molar-refractivity contribution in [2.45, 2.75) is 154 Å². The molecule has 24 heteroatoms. The fourth-order valence-electron chi connectivity index (χ4n) is 6.60. The van der Waals surface area contributed by atoms with Crippen molar-refractivity contribution in [3.05, 3.63) is 35.9 Å². The van der Waals surface area contributed by atoms with Gasteiger partial charge >= 0.3 is 17.9 Å². The number of amides is 8. The van der Waals surface area contributed by atoms with E-state index in [0.717, 1.165) is 0 Å². The van der Waals surface area contributed by atoms with Gasteiger partial charge < -0.3 is 69.1 Å². The molecule has 0 spiro atoms. The summed E-state index contributed by atoms with van der Waals surface area (Å²) in [7, 11) is 0. The Bertz CT molecular complexity index is 1930. The van der Waals surface area contributed by atoms with Gasteiger partial charge in [-0.2, -0.15) is 0 Å². The molecule has 8 amide bonds. The molecule has 0 bridgehead atoms. The Morgan fingerprint density at radius 3 is 1.57 bits per heavy atom. The third-order valence-corrected chi connectivity index (χ3v) is 10.4. The zero-order valence-electron chi connectivity index (χ0n) is 39.4. The largest absolute Gasteiger partial charge is 0.481 e. The van der Waals surface area contributed by atoms with Gasteiger partial charge in [-0.3, -0.25) is 47.9 Å². The normalized spacial score (nSPS) is 15.2. The van der Waals surface area contributed by atoms with E-state index in [9.17, 15) is 68.1 Å². The van der Waals surface area contributed by atoms with Crippen LogP contribution in [0.15, 0.2) is 30.3 Å². The first kappa shape index (κ1) is 59.3. The van der Waals surface area contributed by atoms with Crippen molar-refractivity contribution in [3.8, 4) is 0 Å². The van der Waals surface area contributed by atoms with Gasteiger partial charge in [0.1, 0.15) is 36.3 Å². The first-order chi connectivity index (χ1) is 31.6. The number of carbonyl (C=O) groups excluding carboxylic acids is 8. The molecule has 0 saturated carbocycles. The maximum atomic E-state index is 13.6. The number of hydrogen-bond donors (Lipinski definition) is 13. The molecule has 0 fully saturated rings. The second kappa shape index (κ2) is 29.2. The molecule has 24 nitrogen and oxygen atoms in total. The number of primary amides is 1. The molecule has 380 valence electrons. The van der Waals surface area contributed by atoms with Crippen LogP contribution in [0, 0.1) is 17.8 Å². The van der Waals surface area contributed by atoms with Gasteiger partial charge in [-0.1, -0.05) is 71.9 Å². The summed E-state index contributed by atoms with van der Waals surface area (Å²) in [6.07, 6.45) is -4.67. The molecule has 0 saturated heterocycles. The number of nitrogens with two attached hydrogens (primary N) is 2. The highest BCUT2D eigenvalue weighted by Crippen LogP contribution is 2.14. The Kier molecular flexibility index (Phi) is 25.4. The number of carboxylic acid groups (broad SMARTS) is 3. The Balaban J connectivity index is 3.12. The first-order valence-electron chi connectivity index (χ1n) is 22.2. The lowest BCUT2D eigenvalue weighted by Gasteiger charge is -2.30. The van der Waals surface area contributed by atoms with Crippen LogP contribution < -0.4 is 48.7 Å². The van der Waals surface area contributed by atoms with E-state index in [2.05, 4.69) is 37.2 Å². The number of carbonyl (C=O) groups is 11. The molecule has 1 rings (SSSR count). The Labute approximate surface area is 394 Å². The van der Waals surface area contributed by atoms with Crippen molar-refractivity contribution in [1.29, 1.82) is 0 Å². The van der Waals surface area contributed by atoms with Gasteiger partial charge in [0.2, 0.25) is 47.3 Å². The molecule has 0 radical (unpaired) electrons. The van der Waals surface area contributed by atoms with Crippen LogP contribution >= 0.6 is 0 Å². The highest BCUT2D eigenvalue weighted by molar-refractivity contribution is 5.96. The summed E-state index contributed by atoms with van der Waals surface area (Å²) in [6.45, 7) is 11.0. The minimum atomic E-state index is -1.62. The Morgan fingerprint density at radius 2 is 1.06 bits per heavy atom. The summed E-state index contributed by atoms with van der Waals surface area (Å²) in [6, 6.07) is -2.62. The van der Waals surface area contributed by atoms with Crippen molar-refractivity contribution in [2.75, 3.05) is 0 Å². The van der Waals surface area contributed by atoms with Crippen molar-refractivity contribution in [3.63, 3.8) is 0 Å². The fraction of sp³-hybridized carbons (Fsp3) is 0.614. The number of carboxylic acids is 3. The Hall–Kier alpha value is -6.69. The standard InChI is InChI=1S/C44H69N9O15/c1-21(2)17-28(49-41(64)29(19-32(46)55)50-43(66)37(23(5)6)53-39(62)26(45)13-15-34(57)58)31(54)20-33(56)52-36(22(3)4)42(65)47-24(7)38(61)48-27(14-16-35(59)60)40(63)51-30(44(67)68)18-25-11-9-8-10-12-25/h8-12,21-24,26-31,36-37,54H,13-20,45H2,1-7H3,(H2,46,55)(H,47,65)(H,48,61)(H,49,64)(H,50,66)(H,51,63)(H,52,56)(H,53,62)(H,57,58)(H,59,60)(H,67,68)/t24-,26-,27-,28?,29-,30-,31?,36-,37-/m0/s1. The summed E-state index contributed by atoms with van der Waals surface area (Å²) >= 11 is 0. The first-order valence-corrected chi connectivity index (χ1v) is 22.2. The van der Waals surface area contributed by atoms with E-state index in [0.29, 0.717) is 5.56 Å². The van der Waals surface area contributed by atoms with Gasteiger partial charge in [-0.15, -0.1) is 0 Å². The number of hydrogen-bond acceptors (Lipinski definition) is 13. The SMILES string of the molecule is CC(C)CC(NC(=O)[C@H](CC(N)=O)NC(=O)[C@@H](NC(=O)[C@@H](N)CCC(=O)O)C(C)C)C(O)CC(=O)N[C@H](C(=O)N[C@@H](C)C(=O)N[C@@H](CCC(=O)O)C(=O)N[C@@H](Cc1ccccc1)C(=O)O)C(C)C. The summed E-state index contributed by atoms with van der Waals surface area (Å²) in [5.41, 5.74) is 11.8. The van der Waals surface area contributed by atoms with Gasteiger partial charge in [0, 0.05) is 19.3 Å². The number of benzene rings is 1. The van der Waals surface area contributed by atoms with Crippen molar-refractivity contribution in [2.24, 2.45) is 29.2 Å². The highest BCUT2D eigenvalue weighted by Gasteiger charge is 2.35. The van der Waals surface area contributed by atoms with E-state index in [1.807, 2.05) is 0 Å². The van der Waals surface area contributed by atoms with Crippen molar-refractivity contribution >= 4 is 65.2 Å². The molecule has 9 atom stereocenters. The maximum Gasteiger partial charge on any atom is 0.326 e. The molecule has 0 aliphatic rings. The van der Waals surface area contributed by atoms with Crippen LogP contribution in [0.1, 0.15) is 99.0 Å². The van der Waals surface area contributed by atoms with Crippen LogP contribution in [0.25, 0.3) is 0 Å². The van der Waals surface area contributed by atoms with Crippen molar-refractivity contribution < 1.29 is 73.2 Å². The molecule has 1 aromatic rings. The summed E-state index contributed by atoms with van der Waals surface area (Å²) in [5, 5.41) is 56.2. The van der Waals surface area contributed by atoms with Crippen molar-refractivity contribution in [1.82, 2.24) is 37.2 Å². The second-order valence-corrected chi connectivity index (χ2v) is 17.6. The molecule has 15 N–H and O–H groups in total. The van der Waals surface area contributed by atoms with E-state index < -0.39 is 164 Å². The third-order valence-electron chi connectivity index (χ3n) is 10.4. The second-order valence-electron chi connectivity index (χ2n) is 17.6. The van der Waals surface area contributed by atoms with Crippen LogP contribution in [-0.2, 0) is 59.2 Å². The predicted octanol–water partition coefficient (Wildman–Crippen LogP) is -2.23. The molecule has 0 aromatic heterocycles. The zero-order valence-corrected chi connectivity index (χ0v) is 39.4. The topological polar surface area (TPSA) is 405 Å². The van der Waals surface area contributed by atoms with E-state index in [4.69, 9.17) is 16.6 Å². The quantitative estimate of drug-likeness (QED) is 0.0374. The van der Waals surface area contributed by atoms with Gasteiger partial charge in [-0.25, -0.2) is 4.79 Å². The molecule has 68 heavy (non-hydrogen) atoms. The number of rotatable bonds is 31. The molecule has 1 aromatic carbocycles. The third kappa shape index (κ3) is 22.2. The summed E-state index contributed by atoms with van der Waals surface area (Å²) < 4.78 is 0. The molecule has 0 aliphatic carbocycles. The van der Waals surface area contributed by atoms with E-state index in [1.165, 1.54) is 6.92 Å². The average molecular weight is 964 g/mol. The number of nitrogens with one attached hydrogen (secondary N) is 7. The summed E-state index contributed by atoms with van der Waals surface area (Å²) in [4.78, 5) is 139. The minimum Gasteiger partial charge on any atom is -0.481 e. The molecule has 0 aliphatic heterocycles. The van der Waals surface area contributed by atoms with E-state index in [1.54, 1.807) is 71.9 Å². The van der Waals surface area contributed by atoms with Crippen LogP contribution in [0.2, 0.25) is 0 Å². The number of aliphatic hydroxyl groups is 1. The predicted molar refractivity (Wildman–Crippen MR) is 242 cm³/mol. The minimum absolute atomic E-state index is 0.0759. The zero-order chi connectivity index (χ0) is 52.0. The van der Waals surface area contributed by atoms with Crippen LogP contribution in [0.4, 0.5) is 0 Å². The van der Waals surface area contributed by atoms with Gasteiger partial charge in [0.05, 0.1) is 31.0 Å². The molecule has 0 heterocycles. The lowest BCUT2D eigenvalue weighted by atomic mass is 9.95.